The van der Waals surface area contributed by atoms with Crippen LogP contribution in [-0.2, 0) is 21.3 Å². The van der Waals surface area contributed by atoms with E-state index in [1.165, 1.54) is 18.4 Å². The molecule has 1 aromatic carbocycles. The maximum absolute atomic E-state index is 13.0. The third-order valence-electron chi connectivity index (χ3n) is 4.48. The first-order chi connectivity index (χ1) is 12.7. The van der Waals surface area contributed by atoms with Gasteiger partial charge in [-0.15, -0.1) is 0 Å². The van der Waals surface area contributed by atoms with Crippen LogP contribution in [0.25, 0.3) is 0 Å². The van der Waals surface area contributed by atoms with Crippen LogP contribution in [0.2, 0.25) is 0 Å². The predicted octanol–water partition coefficient (Wildman–Crippen LogP) is 2.32. The number of hydrogen-bond acceptors (Lipinski definition) is 5. The summed E-state index contributed by atoms with van der Waals surface area (Å²) in [6, 6.07) is 7.97. The number of nitrogens with zero attached hydrogens (tertiary/aromatic N) is 1. The molecular weight excluding hydrogens is 368 g/mol. The molecule has 1 fully saturated rings. The van der Waals surface area contributed by atoms with Crippen molar-refractivity contribution in [1.82, 2.24) is 9.62 Å². The minimum Gasteiger partial charge on any atom is -0.468 e. The summed E-state index contributed by atoms with van der Waals surface area (Å²) in [6.45, 7) is 7.10. The highest BCUT2D eigenvalue weighted by molar-refractivity contribution is 7.89. The third kappa shape index (κ3) is 4.58. The molecule has 0 bridgehead atoms. The van der Waals surface area contributed by atoms with Crippen LogP contribution < -0.4 is 4.72 Å². The standard InChI is InChI=1S/C19H24N2O5S/c1-14-6-7-16(27(23,24)20-12-15-5-4-9-25-15)11-17(14)18(22)21-8-10-26-19(2,3)13-21/h4-7,9,11,20H,8,10,12-13H2,1-3H3. The molecule has 0 unspecified atom stereocenters. The molecule has 3 rings (SSSR count). The van der Waals surface area contributed by atoms with Gasteiger partial charge in [0.1, 0.15) is 5.76 Å². The van der Waals surface area contributed by atoms with Crippen LogP contribution in [-0.4, -0.2) is 44.5 Å². The van der Waals surface area contributed by atoms with Crippen LogP contribution in [0.5, 0.6) is 0 Å². The summed E-state index contributed by atoms with van der Waals surface area (Å²) >= 11 is 0. The Kier molecular flexibility index (Phi) is 5.41. The van der Waals surface area contributed by atoms with Crippen molar-refractivity contribution in [2.75, 3.05) is 19.7 Å². The molecule has 2 aromatic rings. The molecule has 1 aliphatic heterocycles. The molecule has 27 heavy (non-hydrogen) atoms. The number of carbonyl (C=O) groups is 1. The molecule has 1 aliphatic rings. The smallest absolute Gasteiger partial charge is 0.254 e. The second-order valence-corrected chi connectivity index (χ2v) is 8.98. The molecule has 8 heteroatoms. The van der Waals surface area contributed by atoms with Gasteiger partial charge in [-0.3, -0.25) is 4.79 Å². The fourth-order valence-electron chi connectivity index (χ4n) is 3.02. The van der Waals surface area contributed by atoms with Gasteiger partial charge in [0.15, 0.2) is 0 Å². The number of nitrogens with one attached hydrogen (secondary N) is 1. The summed E-state index contributed by atoms with van der Waals surface area (Å²) < 4.78 is 38.5. The van der Waals surface area contributed by atoms with E-state index in [-0.39, 0.29) is 17.3 Å². The van der Waals surface area contributed by atoms with Crippen molar-refractivity contribution in [2.24, 2.45) is 0 Å². The maximum atomic E-state index is 13.0. The molecule has 0 saturated carbocycles. The fraction of sp³-hybridized carbons (Fsp3) is 0.421. The van der Waals surface area contributed by atoms with E-state index in [1.54, 1.807) is 30.0 Å². The molecule has 1 saturated heterocycles. The van der Waals surface area contributed by atoms with Gasteiger partial charge >= 0.3 is 0 Å². The molecule has 7 nitrogen and oxygen atoms in total. The number of morpholine rings is 1. The monoisotopic (exact) mass is 392 g/mol. The number of aryl methyl sites for hydroxylation is 1. The van der Waals surface area contributed by atoms with E-state index in [2.05, 4.69) is 4.72 Å². The average Bonchev–Trinajstić information content (AvgIpc) is 3.12. The molecule has 1 N–H and O–H groups in total. The number of ether oxygens (including phenoxy) is 1. The van der Waals surface area contributed by atoms with E-state index in [9.17, 15) is 13.2 Å². The first kappa shape index (κ1) is 19.6. The summed E-state index contributed by atoms with van der Waals surface area (Å²) in [5.74, 6) is 0.324. The van der Waals surface area contributed by atoms with Gasteiger partial charge in [-0.25, -0.2) is 13.1 Å². The number of carbonyl (C=O) groups excluding carboxylic acids is 1. The van der Waals surface area contributed by atoms with Gasteiger partial charge in [0.05, 0.1) is 29.9 Å². The van der Waals surface area contributed by atoms with Crippen molar-refractivity contribution in [2.45, 2.75) is 37.8 Å². The Hall–Kier alpha value is -2.16. The Morgan fingerprint density at radius 2 is 2.07 bits per heavy atom. The number of sulfonamides is 1. The Balaban J connectivity index is 1.82. The fourth-order valence-corrected chi connectivity index (χ4v) is 4.04. The summed E-state index contributed by atoms with van der Waals surface area (Å²) in [5, 5.41) is 0. The second kappa shape index (κ2) is 7.46. The van der Waals surface area contributed by atoms with Crippen LogP contribution in [0.1, 0.15) is 35.5 Å². The first-order valence-corrected chi connectivity index (χ1v) is 10.2. The van der Waals surface area contributed by atoms with E-state index < -0.39 is 15.6 Å². The zero-order valence-corrected chi connectivity index (χ0v) is 16.5. The predicted molar refractivity (Wildman–Crippen MR) is 99.8 cm³/mol. The highest BCUT2D eigenvalue weighted by Gasteiger charge is 2.31. The van der Waals surface area contributed by atoms with Crippen molar-refractivity contribution in [3.05, 3.63) is 53.5 Å². The quantitative estimate of drug-likeness (QED) is 0.844. The molecule has 2 heterocycles. The average molecular weight is 392 g/mol. The lowest BCUT2D eigenvalue weighted by Gasteiger charge is -2.38. The summed E-state index contributed by atoms with van der Waals surface area (Å²) in [6.07, 6.45) is 1.48. The molecular formula is C19H24N2O5S. The second-order valence-electron chi connectivity index (χ2n) is 7.22. The normalized spacial score (nSPS) is 17.1. The van der Waals surface area contributed by atoms with E-state index in [4.69, 9.17) is 9.15 Å². The molecule has 0 aliphatic carbocycles. The van der Waals surface area contributed by atoms with E-state index in [1.807, 2.05) is 13.8 Å². The van der Waals surface area contributed by atoms with Crippen molar-refractivity contribution in [1.29, 1.82) is 0 Å². The lowest BCUT2D eigenvalue weighted by Crippen LogP contribution is -2.50. The van der Waals surface area contributed by atoms with Crippen molar-refractivity contribution < 1.29 is 22.4 Å². The SMILES string of the molecule is Cc1ccc(S(=O)(=O)NCc2ccco2)cc1C(=O)N1CCOC(C)(C)C1. The highest BCUT2D eigenvalue weighted by atomic mass is 32.2. The summed E-state index contributed by atoms with van der Waals surface area (Å²) in [5.41, 5.74) is 0.693. The maximum Gasteiger partial charge on any atom is 0.254 e. The summed E-state index contributed by atoms with van der Waals surface area (Å²) in [7, 11) is -3.77. The van der Waals surface area contributed by atoms with Crippen molar-refractivity contribution in [3.8, 4) is 0 Å². The van der Waals surface area contributed by atoms with E-state index in [0.717, 1.165) is 5.56 Å². The minimum atomic E-state index is -3.77. The van der Waals surface area contributed by atoms with Crippen molar-refractivity contribution in [3.63, 3.8) is 0 Å². The lowest BCUT2D eigenvalue weighted by atomic mass is 10.0. The number of rotatable bonds is 5. The molecule has 1 aromatic heterocycles. The highest BCUT2D eigenvalue weighted by Crippen LogP contribution is 2.22. The van der Waals surface area contributed by atoms with Gasteiger partial charge < -0.3 is 14.1 Å². The van der Waals surface area contributed by atoms with Crippen LogP contribution in [0, 0.1) is 6.92 Å². The molecule has 0 radical (unpaired) electrons. The summed E-state index contributed by atoms with van der Waals surface area (Å²) in [4.78, 5) is 14.7. The van der Waals surface area contributed by atoms with E-state index in [0.29, 0.717) is 31.0 Å². The van der Waals surface area contributed by atoms with Gasteiger partial charge in [-0.2, -0.15) is 0 Å². The first-order valence-electron chi connectivity index (χ1n) is 8.74. The number of furan rings is 1. The largest absolute Gasteiger partial charge is 0.468 e. The molecule has 1 amide bonds. The van der Waals surface area contributed by atoms with Gasteiger partial charge in [-0.1, -0.05) is 6.07 Å². The Morgan fingerprint density at radius 3 is 2.74 bits per heavy atom. The Labute approximate surface area is 159 Å². The van der Waals surface area contributed by atoms with Gasteiger partial charge in [0, 0.05) is 18.7 Å². The minimum absolute atomic E-state index is 0.0458. The van der Waals surface area contributed by atoms with Crippen LogP contribution in [0.4, 0.5) is 0 Å². The van der Waals surface area contributed by atoms with Crippen LogP contribution in [0.3, 0.4) is 0 Å². The number of hydrogen-bond donors (Lipinski definition) is 1. The molecule has 0 atom stereocenters. The zero-order valence-electron chi connectivity index (χ0n) is 15.7. The van der Waals surface area contributed by atoms with Crippen molar-refractivity contribution >= 4 is 15.9 Å². The number of benzene rings is 1. The van der Waals surface area contributed by atoms with Crippen LogP contribution in [0.15, 0.2) is 45.9 Å². The third-order valence-corrected chi connectivity index (χ3v) is 5.88. The van der Waals surface area contributed by atoms with Gasteiger partial charge in [-0.05, 0) is 50.6 Å². The van der Waals surface area contributed by atoms with Crippen LogP contribution >= 0.6 is 0 Å². The molecule has 146 valence electrons. The zero-order chi connectivity index (χ0) is 19.7. The number of amides is 1. The molecule has 0 spiro atoms. The van der Waals surface area contributed by atoms with E-state index >= 15 is 0 Å². The van der Waals surface area contributed by atoms with Gasteiger partial charge in [0.25, 0.3) is 5.91 Å². The lowest BCUT2D eigenvalue weighted by molar-refractivity contribution is -0.0764. The Bertz CT molecular complexity index is 920. The Morgan fingerprint density at radius 1 is 1.30 bits per heavy atom. The topological polar surface area (TPSA) is 88.8 Å². The van der Waals surface area contributed by atoms with Gasteiger partial charge in [0.2, 0.25) is 10.0 Å².